The number of alkyl halides is 6. The van der Waals surface area contributed by atoms with E-state index in [4.69, 9.17) is 14.2 Å². The van der Waals surface area contributed by atoms with Crippen LogP contribution in [0, 0.1) is 25.1 Å². The summed E-state index contributed by atoms with van der Waals surface area (Å²) in [5.74, 6) is -1.72. The van der Waals surface area contributed by atoms with E-state index in [2.05, 4.69) is 39.2 Å². The minimum Gasteiger partial charge on any atom is -0.446 e. The van der Waals surface area contributed by atoms with Crippen molar-refractivity contribution in [2.24, 2.45) is 5.41 Å². The van der Waals surface area contributed by atoms with Crippen LogP contribution in [0.15, 0.2) is 132 Å². The number of likely N-dealkylation sites (tertiary alicyclic amines) is 2. The second-order valence-electron chi connectivity index (χ2n) is 28.1. The maximum absolute atomic E-state index is 14.3. The number of nitrogens with one attached hydrogen (secondary N) is 1. The number of halogens is 7. The number of hydrogen-bond donors (Lipinski definition) is 1. The Hall–Kier alpha value is -7.96. The number of rotatable bonds is 27. The fraction of sp³-hybridized carbons (Fsp3) is 0.500. The second-order valence-corrected chi connectivity index (χ2v) is 28.1. The molecule has 5 aromatic rings. The minimum absolute atomic E-state index is 0.0227. The number of hydrogen-bond acceptors (Lipinski definition) is 11. The number of allylic oxidation sites excluding steroid dienone is 2. The fourth-order valence-corrected chi connectivity index (χ4v) is 15.1. The number of carbonyl (C=O) groups excluding carboxylic acids is 5. The quantitative estimate of drug-likeness (QED) is 0.0396. The average molecular weight is 1410 g/mol. The van der Waals surface area contributed by atoms with E-state index in [1.807, 2.05) is 92.5 Å². The highest BCUT2D eigenvalue weighted by Crippen LogP contribution is 2.55. The lowest BCUT2D eigenvalue weighted by Crippen LogP contribution is -2.48. The number of amides is 5. The highest BCUT2D eigenvalue weighted by Gasteiger charge is 2.51. The molecular formula is C78H95F7N8O8. The van der Waals surface area contributed by atoms with Gasteiger partial charge >= 0.3 is 18.4 Å². The molecule has 0 radical (unpaired) electrons. The average Bonchev–Trinajstić information content (AvgIpc) is 1.59. The molecule has 3 fully saturated rings. The van der Waals surface area contributed by atoms with Crippen molar-refractivity contribution in [1.29, 1.82) is 0 Å². The van der Waals surface area contributed by atoms with Crippen LogP contribution in [0.4, 0.5) is 41.2 Å². The smallest absolute Gasteiger partial charge is 0.416 e. The number of unbranched alkanes of at least 4 members (excludes halogenated alkanes) is 2. The summed E-state index contributed by atoms with van der Waals surface area (Å²) < 4.78 is 116. The van der Waals surface area contributed by atoms with Gasteiger partial charge in [0.15, 0.2) is 0 Å². The number of benzene rings is 5. The molecule has 5 aromatic carbocycles. The Morgan fingerprint density at radius 3 is 2.01 bits per heavy atom. The van der Waals surface area contributed by atoms with Crippen LogP contribution in [0.5, 0.6) is 0 Å². The maximum Gasteiger partial charge on any atom is 0.416 e. The third-order valence-electron chi connectivity index (χ3n) is 21.1. The summed E-state index contributed by atoms with van der Waals surface area (Å²) in [5, 5.41) is 2.94. The second kappa shape index (κ2) is 33.4. The molecule has 544 valence electrons. The molecule has 0 aromatic heterocycles. The van der Waals surface area contributed by atoms with Gasteiger partial charge in [-0.05, 0) is 193 Å². The summed E-state index contributed by atoms with van der Waals surface area (Å²) >= 11 is 0. The number of piperidine rings is 2. The highest BCUT2D eigenvalue weighted by atomic mass is 19.4. The van der Waals surface area contributed by atoms with Crippen LogP contribution in [-0.2, 0) is 48.3 Å². The SMILES string of the molecule is Cc1cc(C(=O)N(C)CCCN(C)C(=O)CO[C@H]2CC3=C(CCC=C3)C23CCN(CC[C@@]2(c4ccc(F)cc4)CN(C(=O)c4cc(C(F)(F)F)cc(C(F)(F)F)c4)CO2)CC3)cc(C)c1CN(C)CCCCCC(=O)N(C)CCN1CCC(OC(=O)Nc2ccccc2-c2ccccc2)CC1. The van der Waals surface area contributed by atoms with Crippen molar-refractivity contribution in [3.05, 3.63) is 183 Å². The third kappa shape index (κ3) is 19.2. The van der Waals surface area contributed by atoms with Crippen molar-refractivity contribution < 1.29 is 68.9 Å². The summed E-state index contributed by atoms with van der Waals surface area (Å²) in [5.41, 5.74) is 4.02. The summed E-state index contributed by atoms with van der Waals surface area (Å²) in [7, 11) is 7.48. The van der Waals surface area contributed by atoms with Crippen molar-refractivity contribution in [2.45, 2.75) is 134 Å². The predicted octanol–water partition coefficient (Wildman–Crippen LogP) is 14.2. The molecule has 2 aliphatic carbocycles. The van der Waals surface area contributed by atoms with Crippen LogP contribution in [-0.4, -0.2) is 190 Å². The first kappa shape index (κ1) is 75.7. The van der Waals surface area contributed by atoms with E-state index >= 15 is 0 Å². The summed E-state index contributed by atoms with van der Waals surface area (Å²) in [6, 6.07) is 27.8. The number of para-hydroxylation sites is 1. The first-order chi connectivity index (χ1) is 48.2. The van der Waals surface area contributed by atoms with Crippen LogP contribution in [0.1, 0.15) is 138 Å². The van der Waals surface area contributed by atoms with Gasteiger partial charge in [0.1, 0.15) is 30.9 Å². The lowest BCUT2D eigenvalue weighted by atomic mass is 9.69. The Balaban J connectivity index is 0.617. The van der Waals surface area contributed by atoms with Gasteiger partial charge in [-0.2, -0.15) is 26.3 Å². The van der Waals surface area contributed by atoms with Gasteiger partial charge in [0.25, 0.3) is 11.8 Å². The van der Waals surface area contributed by atoms with Gasteiger partial charge in [-0.3, -0.25) is 24.5 Å². The Labute approximate surface area is 588 Å². The van der Waals surface area contributed by atoms with Crippen molar-refractivity contribution in [3.8, 4) is 11.1 Å². The molecule has 2 atom stereocenters. The zero-order valence-corrected chi connectivity index (χ0v) is 58.8. The summed E-state index contributed by atoms with van der Waals surface area (Å²) in [6.45, 7) is 10.5. The van der Waals surface area contributed by atoms with Crippen molar-refractivity contribution in [3.63, 3.8) is 0 Å². The Morgan fingerprint density at radius 1 is 0.683 bits per heavy atom. The molecule has 3 saturated heterocycles. The highest BCUT2D eigenvalue weighted by molar-refractivity contribution is 5.96. The van der Waals surface area contributed by atoms with Crippen LogP contribution in [0.25, 0.3) is 11.1 Å². The number of carbonyl (C=O) groups is 5. The standard InChI is InChI=1S/C78H95F7N8O8/c1-54-44-58(45-55(2)66(54)50-87(3)34-16-8-11-24-70(94)89(5)42-43-91-37-29-64(30-38-91)101-74(98)86-68-23-15-13-21-65(68)56-18-9-7-10-19-56)72(96)90(6)36-17-35-88(4)71(95)51-99-69-48-57-20-12-14-22-67(57)75(69)31-39-92(40-32-75)41-33-76(60-25-27-63(79)28-26-60)52-93(53-100-76)73(97)59-46-61(77(80,81)82)49-62(47-59)78(83,84)85/h7,9-10,12-13,15,18-21,23,25-28,44-47,49,64,69H,8,11,14,16-17,22,24,29-43,48,50-53H2,1-6H3,(H,86,98)/t69-,76-/m0/s1. The molecule has 1 spiro atoms. The van der Waals surface area contributed by atoms with Crippen molar-refractivity contribution in [1.82, 2.24) is 34.3 Å². The van der Waals surface area contributed by atoms with E-state index in [-0.39, 0.29) is 61.0 Å². The van der Waals surface area contributed by atoms with Gasteiger partial charge < -0.3 is 48.5 Å². The maximum atomic E-state index is 14.3. The largest absolute Gasteiger partial charge is 0.446 e. The molecule has 0 bridgehead atoms. The molecule has 16 nitrogen and oxygen atoms in total. The fourth-order valence-electron chi connectivity index (χ4n) is 15.1. The normalized spacial score (nSPS) is 18.9. The Bertz CT molecular complexity index is 3720. The number of likely N-dealkylation sites (N-methyl/N-ethyl adjacent to an activating group) is 2. The van der Waals surface area contributed by atoms with Gasteiger partial charge in [0.05, 0.1) is 29.5 Å². The minimum atomic E-state index is -5.15. The molecule has 3 heterocycles. The number of ether oxygens (including phenoxy) is 3. The molecule has 3 aliphatic heterocycles. The number of nitrogens with zero attached hydrogens (tertiary/aromatic N) is 7. The molecule has 23 heteroatoms. The van der Waals surface area contributed by atoms with E-state index in [1.54, 1.807) is 23.9 Å². The third-order valence-corrected chi connectivity index (χ3v) is 21.1. The van der Waals surface area contributed by atoms with E-state index < -0.39 is 59.2 Å². The summed E-state index contributed by atoms with van der Waals surface area (Å²) in [6.07, 6.45) is 2.51. The zero-order valence-electron chi connectivity index (χ0n) is 58.8. The molecular weight excluding hydrogens is 1310 g/mol. The van der Waals surface area contributed by atoms with E-state index in [1.165, 1.54) is 41.0 Å². The molecule has 10 rings (SSSR count). The summed E-state index contributed by atoms with van der Waals surface area (Å²) in [4.78, 5) is 80.5. The van der Waals surface area contributed by atoms with Gasteiger partial charge in [-0.25, -0.2) is 9.18 Å². The molecule has 5 aliphatic rings. The van der Waals surface area contributed by atoms with Gasteiger partial charge in [-0.1, -0.05) is 84.8 Å². The Morgan fingerprint density at radius 2 is 1.33 bits per heavy atom. The number of fused-ring (bicyclic) bond motifs is 1. The molecule has 5 amide bonds. The van der Waals surface area contributed by atoms with Gasteiger partial charge in [0, 0.05) is 102 Å². The molecule has 0 unspecified atom stereocenters. The van der Waals surface area contributed by atoms with E-state index in [9.17, 15) is 54.7 Å². The van der Waals surface area contributed by atoms with Gasteiger partial charge in [-0.15, -0.1) is 0 Å². The first-order valence-corrected chi connectivity index (χ1v) is 35.3. The Kier molecular flexibility index (Phi) is 25.1. The van der Waals surface area contributed by atoms with Crippen molar-refractivity contribution >= 4 is 35.4 Å². The lowest BCUT2D eigenvalue weighted by molar-refractivity contribution is -0.143. The van der Waals surface area contributed by atoms with Crippen LogP contribution >= 0.6 is 0 Å². The van der Waals surface area contributed by atoms with Crippen LogP contribution in [0.3, 0.4) is 0 Å². The molecule has 0 saturated carbocycles. The van der Waals surface area contributed by atoms with Crippen LogP contribution < -0.4 is 5.32 Å². The van der Waals surface area contributed by atoms with Gasteiger partial charge in [0.2, 0.25) is 11.8 Å². The predicted molar refractivity (Wildman–Crippen MR) is 373 cm³/mol. The number of anilines is 1. The topological polar surface area (TPSA) is 148 Å². The van der Waals surface area contributed by atoms with Crippen molar-refractivity contribution in [2.75, 3.05) is 119 Å². The van der Waals surface area contributed by atoms with E-state index in [0.29, 0.717) is 87.5 Å². The number of aryl methyl sites for hydroxylation is 2. The first-order valence-electron chi connectivity index (χ1n) is 35.3. The lowest BCUT2D eigenvalue weighted by Gasteiger charge is -2.45. The monoisotopic (exact) mass is 1400 g/mol. The van der Waals surface area contributed by atoms with Crippen LogP contribution in [0.2, 0.25) is 0 Å². The molecule has 101 heavy (non-hydrogen) atoms. The zero-order chi connectivity index (χ0) is 72.2. The van der Waals surface area contributed by atoms with E-state index in [0.717, 1.165) is 118 Å². The molecule has 1 N–H and O–H groups in total.